The lowest BCUT2D eigenvalue weighted by molar-refractivity contribution is 0.386. The van der Waals surface area contributed by atoms with Crippen LogP contribution in [0.5, 0.6) is 0 Å². The first-order valence-corrected chi connectivity index (χ1v) is 6.13. The number of nitrogens with zero attached hydrogens (tertiary/aromatic N) is 3. The highest BCUT2D eigenvalue weighted by Crippen LogP contribution is 2.24. The van der Waals surface area contributed by atoms with Crippen molar-refractivity contribution in [3.8, 4) is 0 Å². The molecule has 0 aromatic carbocycles. The van der Waals surface area contributed by atoms with Crippen molar-refractivity contribution in [2.45, 2.75) is 51.5 Å². The van der Waals surface area contributed by atoms with Crippen LogP contribution in [0.15, 0.2) is 0 Å². The number of piperidine rings is 1. The van der Waals surface area contributed by atoms with Gasteiger partial charge in [0.05, 0.1) is 6.04 Å². The topological polar surface area (TPSA) is 42.7 Å². The summed E-state index contributed by atoms with van der Waals surface area (Å²) in [5.41, 5.74) is 0.0324. The number of hydrogen-bond donors (Lipinski definition) is 1. The van der Waals surface area contributed by atoms with Crippen LogP contribution in [-0.4, -0.2) is 21.3 Å². The molecule has 2 rings (SSSR count). The minimum absolute atomic E-state index is 0.0324. The number of hydrogen-bond acceptors (Lipinski definition) is 3. The van der Waals surface area contributed by atoms with E-state index in [1.807, 2.05) is 11.7 Å². The standard InChI is InChI=1S/C12H22N4/c1-12(2,3)11-14-10(16(4)15-11)9-7-5-6-8-13-9/h9,13H,5-8H2,1-4H3. The summed E-state index contributed by atoms with van der Waals surface area (Å²) in [5, 5.41) is 8.04. The molecule has 1 aromatic heterocycles. The highest BCUT2D eigenvalue weighted by atomic mass is 15.3. The van der Waals surface area contributed by atoms with E-state index in [2.05, 4.69) is 31.2 Å². The molecule has 1 aliphatic rings. The average Bonchev–Trinajstić information content (AvgIpc) is 2.61. The van der Waals surface area contributed by atoms with Crippen LogP contribution in [0.25, 0.3) is 0 Å². The van der Waals surface area contributed by atoms with Gasteiger partial charge in [0.15, 0.2) is 5.82 Å². The van der Waals surface area contributed by atoms with Crippen LogP contribution in [0.4, 0.5) is 0 Å². The molecule has 1 saturated heterocycles. The number of rotatable bonds is 1. The first-order chi connectivity index (χ1) is 7.48. The van der Waals surface area contributed by atoms with E-state index in [-0.39, 0.29) is 5.41 Å². The van der Waals surface area contributed by atoms with Gasteiger partial charge in [-0.25, -0.2) is 4.98 Å². The van der Waals surface area contributed by atoms with E-state index in [0.29, 0.717) is 6.04 Å². The van der Waals surface area contributed by atoms with Crippen LogP contribution in [0.3, 0.4) is 0 Å². The molecule has 1 aliphatic heterocycles. The van der Waals surface area contributed by atoms with Gasteiger partial charge >= 0.3 is 0 Å². The van der Waals surface area contributed by atoms with Crippen molar-refractivity contribution in [2.24, 2.45) is 7.05 Å². The Morgan fingerprint density at radius 2 is 2.06 bits per heavy atom. The molecular formula is C12H22N4. The summed E-state index contributed by atoms with van der Waals surface area (Å²) in [6.07, 6.45) is 3.74. The van der Waals surface area contributed by atoms with Gasteiger partial charge in [0.1, 0.15) is 5.82 Å². The summed E-state index contributed by atoms with van der Waals surface area (Å²) in [6, 6.07) is 0.391. The second-order valence-electron chi connectivity index (χ2n) is 5.67. The van der Waals surface area contributed by atoms with Gasteiger partial charge in [-0.05, 0) is 19.4 Å². The van der Waals surface area contributed by atoms with Crippen molar-refractivity contribution >= 4 is 0 Å². The van der Waals surface area contributed by atoms with Crippen LogP contribution in [0, 0.1) is 0 Å². The van der Waals surface area contributed by atoms with E-state index < -0.39 is 0 Å². The van der Waals surface area contributed by atoms with Crippen molar-refractivity contribution < 1.29 is 0 Å². The van der Waals surface area contributed by atoms with Crippen LogP contribution < -0.4 is 5.32 Å². The number of aromatic nitrogens is 3. The maximum atomic E-state index is 4.69. The summed E-state index contributed by atoms with van der Waals surface area (Å²) in [5.74, 6) is 2.03. The Hall–Kier alpha value is -0.900. The van der Waals surface area contributed by atoms with E-state index in [0.717, 1.165) is 18.2 Å². The van der Waals surface area contributed by atoms with Crippen LogP contribution in [0.2, 0.25) is 0 Å². The van der Waals surface area contributed by atoms with E-state index in [4.69, 9.17) is 4.98 Å². The molecule has 2 heterocycles. The Labute approximate surface area is 97.5 Å². The molecule has 0 spiro atoms. The maximum absolute atomic E-state index is 4.69. The second-order valence-corrected chi connectivity index (χ2v) is 5.67. The lowest BCUT2D eigenvalue weighted by Gasteiger charge is -2.22. The fourth-order valence-electron chi connectivity index (χ4n) is 2.09. The molecule has 1 N–H and O–H groups in total. The molecule has 0 aliphatic carbocycles. The highest BCUT2D eigenvalue weighted by molar-refractivity contribution is 5.06. The van der Waals surface area contributed by atoms with Gasteiger partial charge in [0, 0.05) is 12.5 Å². The van der Waals surface area contributed by atoms with Gasteiger partial charge in [-0.15, -0.1) is 0 Å². The van der Waals surface area contributed by atoms with E-state index >= 15 is 0 Å². The summed E-state index contributed by atoms with van der Waals surface area (Å²) in [7, 11) is 1.99. The molecule has 1 atom stereocenters. The fraction of sp³-hybridized carbons (Fsp3) is 0.833. The minimum atomic E-state index is 0.0324. The predicted octanol–water partition coefficient (Wildman–Crippen LogP) is 1.93. The fourth-order valence-corrected chi connectivity index (χ4v) is 2.09. The molecular weight excluding hydrogens is 200 g/mol. The zero-order valence-corrected chi connectivity index (χ0v) is 10.7. The van der Waals surface area contributed by atoms with Crippen molar-refractivity contribution in [1.82, 2.24) is 20.1 Å². The van der Waals surface area contributed by atoms with Gasteiger partial charge in [0.2, 0.25) is 0 Å². The zero-order chi connectivity index (χ0) is 11.8. The first-order valence-electron chi connectivity index (χ1n) is 6.13. The Morgan fingerprint density at radius 1 is 1.31 bits per heavy atom. The van der Waals surface area contributed by atoms with Crippen molar-refractivity contribution in [1.29, 1.82) is 0 Å². The molecule has 4 nitrogen and oxygen atoms in total. The quantitative estimate of drug-likeness (QED) is 0.789. The second kappa shape index (κ2) is 4.17. The zero-order valence-electron chi connectivity index (χ0n) is 10.7. The average molecular weight is 222 g/mol. The molecule has 0 radical (unpaired) electrons. The molecule has 90 valence electrons. The SMILES string of the molecule is Cn1nc(C(C)(C)C)nc1C1CCCCN1. The third kappa shape index (κ3) is 2.26. The van der Waals surface area contributed by atoms with Crippen LogP contribution in [0.1, 0.15) is 57.7 Å². The molecule has 0 saturated carbocycles. The summed E-state index contributed by atoms with van der Waals surface area (Å²) < 4.78 is 1.93. The Morgan fingerprint density at radius 3 is 2.56 bits per heavy atom. The van der Waals surface area contributed by atoms with Gasteiger partial charge in [-0.2, -0.15) is 5.10 Å². The third-order valence-electron chi connectivity index (χ3n) is 3.09. The highest BCUT2D eigenvalue weighted by Gasteiger charge is 2.25. The lowest BCUT2D eigenvalue weighted by Crippen LogP contribution is -2.29. The molecule has 0 bridgehead atoms. The molecule has 0 amide bonds. The monoisotopic (exact) mass is 222 g/mol. The van der Waals surface area contributed by atoms with Crippen molar-refractivity contribution in [2.75, 3.05) is 6.54 Å². The summed E-state index contributed by atoms with van der Waals surface area (Å²) in [6.45, 7) is 7.56. The molecule has 1 unspecified atom stereocenters. The van der Waals surface area contributed by atoms with Gasteiger partial charge < -0.3 is 5.32 Å². The third-order valence-corrected chi connectivity index (χ3v) is 3.09. The largest absolute Gasteiger partial charge is 0.307 e. The smallest absolute Gasteiger partial charge is 0.156 e. The number of aryl methyl sites for hydroxylation is 1. The van der Waals surface area contributed by atoms with Gasteiger partial charge in [-0.1, -0.05) is 27.2 Å². The Bertz CT molecular complexity index is 356. The van der Waals surface area contributed by atoms with Gasteiger partial charge in [-0.3, -0.25) is 4.68 Å². The summed E-state index contributed by atoms with van der Waals surface area (Å²) in [4.78, 5) is 4.69. The van der Waals surface area contributed by atoms with E-state index in [9.17, 15) is 0 Å². The first kappa shape index (κ1) is 11.6. The van der Waals surface area contributed by atoms with Crippen LogP contribution in [-0.2, 0) is 12.5 Å². The van der Waals surface area contributed by atoms with Crippen molar-refractivity contribution in [3.05, 3.63) is 11.6 Å². The Kier molecular flexibility index (Phi) is 3.02. The maximum Gasteiger partial charge on any atom is 0.156 e. The molecule has 1 fully saturated rings. The van der Waals surface area contributed by atoms with E-state index in [1.165, 1.54) is 19.3 Å². The Balaban J connectivity index is 2.24. The normalized spacial score (nSPS) is 22.4. The number of nitrogens with one attached hydrogen (secondary N) is 1. The van der Waals surface area contributed by atoms with Crippen LogP contribution >= 0.6 is 0 Å². The predicted molar refractivity (Wildman–Crippen MR) is 64.3 cm³/mol. The molecule has 1 aromatic rings. The molecule has 4 heteroatoms. The lowest BCUT2D eigenvalue weighted by atomic mass is 9.96. The van der Waals surface area contributed by atoms with Gasteiger partial charge in [0.25, 0.3) is 0 Å². The molecule has 16 heavy (non-hydrogen) atoms. The van der Waals surface area contributed by atoms with E-state index in [1.54, 1.807) is 0 Å². The van der Waals surface area contributed by atoms with Crippen molar-refractivity contribution in [3.63, 3.8) is 0 Å². The minimum Gasteiger partial charge on any atom is -0.307 e. The summed E-state index contributed by atoms with van der Waals surface area (Å²) >= 11 is 0.